The van der Waals surface area contributed by atoms with E-state index in [4.69, 9.17) is 5.73 Å². The van der Waals surface area contributed by atoms with Crippen molar-refractivity contribution in [2.24, 2.45) is 11.7 Å². The number of benzene rings is 1. The molecule has 0 radical (unpaired) electrons. The molecule has 3 N–H and O–H groups in total. The van der Waals surface area contributed by atoms with Crippen LogP contribution in [0.15, 0.2) is 34.9 Å². The molecule has 1 saturated carbocycles. The SMILES string of the molecule is CCc1c(C(=O)NC2CCCC2CN)cnn1-c1ccc(Br)cc1. The number of hydrogen-bond acceptors (Lipinski definition) is 3. The van der Waals surface area contributed by atoms with E-state index in [2.05, 4.69) is 26.3 Å². The zero-order valence-corrected chi connectivity index (χ0v) is 15.4. The fourth-order valence-corrected chi connectivity index (χ4v) is 3.73. The van der Waals surface area contributed by atoms with Gasteiger partial charge in [-0.2, -0.15) is 5.10 Å². The molecule has 0 bridgehead atoms. The Morgan fingerprint density at radius 2 is 2.12 bits per heavy atom. The molecule has 5 nitrogen and oxygen atoms in total. The minimum absolute atomic E-state index is 0.0411. The summed E-state index contributed by atoms with van der Waals surface area (Å²) in [5, 5.41) is 7.60. The molecule has 0 saturated heterocycles. The minimum atomic E-state index is -0.0411. The van der Waals surface area contributed by atoms with Gasteiger partial charge < -0.3 is 11.1 Å². The second kappa shape index (κ2) is 7.49. The number of nitrogens with one attached hydrogen (secondary N) is 1. The number of carbonyl (C=O) groups is 1. The van der Waals surface area contributed by atoms with Crippen molar-refractivity contribution in [2.75, 3.05) is 6.54 Å². The highest BCUT2D eigenvalue weighted by atomic mass is 79.9. The minimum Gasteiger partial charge on any atom is -0.349 e. The fraction of sp³-hybridized carbons (Fsp3) is 0.444. The van der Waals surface area contributed by atoms with E-state index in [1.807, 2.05) is 35.9 Å². The van der Waals surface area contributed by atoms with Crippen LogP contribution >= 0.6 is 15.9 Å². The van der Waals surface area contributed by atoms with Crippen molar-refractivity contribution in [1.29, 1.82) is 0 Å². The van der Waals surface area contributed by atoms with Crippen molar-refractivity contribution in [2.45, 2.75) is 38.6 Å². The molecule has 1 aromatic heterocycles. The van der Waals surface area contributed by atoms with E-state index in [0.29, 0.717) is 18.0 Å². The van der Waals surface area contributed by atoms with E-state index in [0.717, 1.165) is 41.5 Å². The van der Waals surface area contributed by atoms with Crippen LogP contribution in [0.4, 0.5) is 0 Å². The molecule has 6 heteroatoms. The van der Waals surface area contributed by atoms with Gasteiger partial charge >= 0.3 is 0 Å². The van der Waals surface area contributed by atoms with Crippen LogP contribution in [-0.2, 0) is 6.42 Å². The van der Waals surface area contributed by atoms with Crippen molar-refractivity contribution in [3.63, 3.8) is 0 Å². The molecule has 1 amide bonds. The lowest BCUT2D eigenvalue weighted by molar-refractivity contribution is 0.0928. The second-order valence-corrected chi connectivity index (χ2v) is 7.17. The molecule has 128 valence electrons. The van der Waals surface area contributed by atoms with Crippen molar-refractivity contribution in [1.82, 2.24) is 15.1 Å². The molecule has 1 heterocycles. The fourth-order valence-electron chi connectivity index (χ4n) is 3.46. The molecule has 2 unspecified atom stereocenters. The van der Waals surface area contributed by atoms with E-state index in [-0.39, 0.29) is 11.9 Å². The zero-order chi connectivity index (χ0) is 17.1. The highest BCUT2D eigenvalue weighted by Crippen LogP contribution is 2.25. The summed E-state index contributed by atoms with van der Waals surface area (Å²) in [6, 6.07) is 8.10. The first-order valence-corrected chi connectivity index (χ1v) is 9.27. The van der Waals surface area contributed by atoms with Crippen molar-refractivity contribution in [3.8, 4) is 5.69 Å². The summed E-state index contributed by atoms with van der Waals surface area (Å²) in [6.07, 6.45) is 5.65. The normalized spacial score (nSPS) is 20.3. The van der Waals surface area contributed by atoms with E-state index < -0.39 is 0 Å². The van der Waals surface area contributed by atoms with Crippen molar-refractivity contribution in [3.05, 3.63) is 46.2 Å². The van der Waals surface area contributed by atoms with E-state index in [9.17, 15) is 4.79 Å². The highest BCUT2D eigenvalue weighted by molar-refractivity contribution is 9.10. The van der Waals surface area contributed by atoms with Crippen molar-refractivity contribution < 1.29 is 4.79 Å². The molecule has 2 atom stereocenters. The molecular formula is C18H23BrN4O. The Morgan fingerprint density at radius 3 is 2.79 bits per heavy atom. The number of amides is 1. The van der Waals surface area contributed by atoms with Crippen LogP contribution in [0.2, 0.25) is 0 Å². The van der Waals surface area contributed by atoms with Gasteiger partial charge in [0.15, 0.2) is 0 Å². The van der Waals surface area contributed by atoms with Crippen LogP contribution in [0.3, 0.4) is 0 Å². The number of carbonyl (C=O) groups excluding carboxylic acids is 1. The first-order valence-electron chi connectivity index (χ1n) is 8.47. The lowest BCUT2D eigenvalue weighted by atomic mass is 10.0. The lowest BCUT2D eigenvalue weighted by Crippen LogP contribution is -2.40. The summed E-state index contributed by atoms with van der Waals surface area (Å²) in [7, 11) is 0. The smallest absolute Gasteiger partial charge is 0.255 e. The van der Waals surface area contributed by atoms with Gasteiger partial charge in [0, 0.05) is 10.5 Å². The summed E-state index contributed by atoms with van der Waals surface area (Å²) >= 11 is 3.44. The molecule has 3 rings (SSSR count). The van der Waals surface area contributed by atoms with E-state index in [1.165, 1.54) is 0 Å². The summed E-state index contributed by atoms with van der Waals surface area (Å²) in [5.74, 6) is 0.348. The van der Waals surface area contributed by atoms with Crippen LogP contribution in [0.5, 0.6) is 0 Å². The van der Waals surface area contributed by atoms with Gasteiger partial charge in [-0.15, -0.1) is 0 Å². The number of hydrogen-bond donors (Lipinski definition) is 2. The van der Waals surface area contributed by atoms with Gasteiger partial charge in [0.05, 0.1) is 23.1 Å². The van der Waals surface area contributed by atoms with Gasteiger partial charge in [-0.25, -0.2) is 4.68 Å². The van der Waals surface area contributed by atoms with Gasteiger partial charge in [-0.1, -0.05) is 29.3 Å². The van der Waals surface area contributed by atoms with Crippen LogP contribution in [-0.4, -0.2) is 28.3 Å². The standard InChI is InChI=1S/C18H23BrN4O/c1-2-17-15(18(24)22-16-5-3-4-12(16)10-20)11-21-23(17)14-8-6-13(19)7-9-14/h6-9,11-12,16H,2-5,10,20H2,1H3,(H,22,24). The molecule has 1 aromatic carbocycles. The van der Waals surface area contributed by atoms with Gasteiger partial charge in [0.2, 0.25) is 0 Å². The largest absolute Gasteiger partial charge is 0.349 e. The zero-order valence-electron chi connectivity index (χ0n) is 13.8. The number of rotatable bonds is 5. The maximum Gasteiger partial charge on any atom is 0.255 e. The van der Waals surface area contributed by atoms with Gasteiger partial charge in [0.25, 0.3) is 5.91 Å². The topological polar surface area (TPSA) is 72.9 Å². The Balaban J connectivity index is 1.83. The Hall–Kier alpha value is -1.66. The molecule has 1 aliphatic rings. The van der Waals surface area contributed by atoms with Gasteiger partial charge in [-0.3, -0.25) is 4.79 Å². The Bertz CT molecular complexity index is 710. The third-order valence-corrected chi connectivity index (χ3v) is 5.33. The predicted molar refractivity (Wildman–Crippen MR) is 98.3 cm³/mol. The van der Waals surface area contributed by atoms with Crippen LogP contribution in [0.1, 0.15) is 42.2 Å². The van der Waals surface area contributed by atoms with Crippen LogP contribution in [0, 0.1) is 5.92 Å². The van der Waals surface area contributed by atoms with Crippen LogP contribution < -0.4 is 11.1 Å². The third kappa shape index (κ3) is 3.39. The molecule has 2 aromatic rings. The number of halogens is 1. The predicted octanol–water partition coefficient (Wildman–Crippen LogP) is 3.05. The van der Waals surface area contributed by atoms with Gasteiger partial charge in [-0.05, 0) is 56.0 Å². The Labute approximate surface area is 150 Å². The third-order valence-electron chi connectivity index (χ3n) is 4.80. The number of nitrogens with two attached hydrogens (primary N) is 1. The maximum absolute atomic E-state index is 12.7. The Kier molecular flexibility index (Phi) is 5.36. The number of aromatic nitrogens is 2. The van der Waals surface area contributed by atoms with Crippen molar-refractivity contribution >= 4 is 21.8 Å². The van der Waals surface area contributed by atoms with E-state index >= 15 is 0 Å². The number of nitrogens with zero attached hydrogens (tertiary/aromatic N) is 2. The average Bonchev–Trinajstić information content (AvgIpc) is 3.21. The van der Waals surface area contributed by atoms with Gasteiger partial charge in [0.1, 0.15) is 0 Å². The molecular weight excluding hydrogens is 368 g/mol. The highest BCUT2D eigenvalue weighted by Gasteiger charge is 2.28. The second-order valence-electron chi connectivity index (χ2n) is 6.25. The maximum atomic E-state index is 12.7. The average molecular weight is 391 g/mol. The summed E-state index contributed by atoms with van der Waals surface area (Å²) in [6.45, 7) is 2.67. The quantitative estimate of drug-likeness (QED) is 0.823. The molecule has 0 spiro atoms. The molecule has 0 aliphatic heterocycles. The molecule has 1 fully saturated rings. The Morgan fingerprint density at radius 1 is 1.38 bits per heavy atom. The first kappa shape index (κ1) is 17.2. The van der Waals surface area contributed by atoms with E-state index in [1.54, 1.807) is 6.20 Å². The monoisotopic (exact) mass is 390 g/mol. The van der Waals surface area contributed by atoms with Crippen LogP contribution in [0.25, 0.3) is 5.69 Å². The first-order chi connectivity index (χ1) is 11.6. The molecule has 1 aliphatic carbocycles. The summed E-state index contributed by atoms with van der Waals surface area (Å²) < 4.78 is 2.86. The molecule has 24 heavy (non-hydrogen) atoms. The summed E-state index contributed by atoms with van der Waals surface area (Å²) in [5.41, 5.74) is 8.35. The summed E-state index contributed by atoms with van der Waals surface area (Å²) in [4.78, 5) is 12.7. The lowest BCUT2D eigenvalue weighted by Gasteiger charge is -2.19.